The lowest BCUT2D eigenvalue weighted by Crippen LogP contribution is -2.55. The summed E-state index contributed by atoms with van der Waals surface area (Å²) in [5.41, 5.74) is 5.83. The highest BCUT2D eigenvalue weighted by Crippen LogP contribution is 2.06. The number of nitrogens with two attached hydrogens (primary N) is 1. The van der Waals surface area contributed by atoms with E-state index in [4.69, 9.17) is 5.73 Å². The number of hydrogen-bond acceptors (Lipinski definition) is 6. The van der Waals surface area contributed by atoms with Crippen LogP contribution in [0, 0.1) is 0 Å². The van der Waals surface area contributed by atoms with E-state index in [2.05, 4.69) is 15.6 Å². The molecule has 5 amide bonds. The van der Waals surface area contributed by atoms with Crippen molar-refractivity contribution in [1.29, 1.82) is 0 Å². The van der Waals surface area contributed by atoms with Gasteiger partial charge >= 0.3 is 0 Å². The smallest absolute Gasteiger partial charge is 0.245 e. The molecule has 1 heterocycles. The molecule has 0 radical (unpaired) electrons. The second-order valence-corrected chi connectivity index (χ2v) is 7.03. The zero-order valence-corrected chi connectivity index (χ0v) is 17.5. The maximum Gasteiger partial charge on any atom is 0.245 e. The van der Waals surface area contributed by atoms with Crippen LogP contribution in [0.2, 0.25) is 0 Å². The van der Waals surface area contributed by atoms with E-state index in [9.17, 15) is 24.0 Å². The van der Waals surface area contributed by atoms with Gasteiger partial charge < -0.3 is 26.2 Å². The monoisotopic (exact) mass is 420 g/mol. The Morgan fingerprint density at radius 3 is 2.27 bits per heavy atom. The van der Waals surface area contributed by atoms with Gasteiger partial charge in [0, 0.05) is 46.9 Å². The number of hydrogen-bond donors (Lipinski definition) is 3. The van der Waals surface area contributed by atoms with Gasteiger partial charge in [-0.1, -0.05) is 6.07 Å². The molecule has 11 nitrogen and oxygen atoms in total. The van der Waals surface area contributed by atoms with Crippen LogP contribution in [0.5, 0.6) is 0 Å². The van der Waals surface area contributed by atoms with E-state index in [0.29, 0.717) is 5.56 Å². The van der Waals surface area contributed by atoms with Crippen LogP contribution in [0.15, 0.2) is 24.5 Å². The molecule has 0 spiro atoms. The van der Waals surface area contributed by atoms with Gasteiger partial charge in [-0.2, -0.15) is 0 Å². The van der Waals surface area contributed by atoms with Crippen molar-refractivity contribution >= 4 is 29.5 Å². The highest BCUT2D eigenvalue weighted by atomic mass is 16.2. The molecule has 1 aromatic rings. The molecule has 30 heavy (non-hydrogen) atoms. The van der Waals surface area contributed by atoms with Gasteiger partial charge in [0.15, 0.2) is 0 Å². The Morgan fingerprint density at radius 1 is 1.10 bits per heavy atom. The second-order valence-electron chi connectivity index (χ2n) is 7.03. The number of nitrogens with one attached hydrogen (secondary N) is 2. The zero-order valence-electron chi connectivity index (χ0n) is 17.5. The van der Waals surface area contributed by atoms with Crippen molar-refractivity contribution in [3.63, 3.8) is 0 Å². The molecule has 0 aliphatic rings. The first-order chi connectivity index (χ1) is 14.0. The molecule has 1 rings (SSSR count). The summed E-state index contributed by atoms with van der Waals surface area (Å²) < 4.78 is 0. The highest BCUT2D eigenvalue weighted by molar-refractivity contribution is 5.95. The molecule has 0 bridgehead atoms. The standard InChI is InChI=1S/C19H28N6O5/c1-12(26)22-14(9-16(20)27)18(29)23-15(8-13-6-5-7-21-10-13)19(30)25(4)11-17(28)24(2)3/h5-7,10,14-15H,8-9,11H2,1-4H3,(H2,20,27)(H,22,26)(H,23,29)/t14-,15-/m0/s1. The fourth-order valence-electron chi connectivity index (χ4n) is 2.57. The predicted molar refractivity (Wildman–Crippen MR) is 108 cm³/mol. The van der Waals surface area contributed by atoms with E-state index in [0.717, 1.165) is 0 Å². The number of pyridine rings is 1. The number of carbonyl (C=O) groups is 5. The molecule has 0 fully saturated rings. The van der Waals surface area contributed by atoms with Crippen molar-refractivity contribution in [2.45, 2.75) is 31.8 Å². The molecular weight excluding hydrogens is 392 g/mol. The Balaban J connectivity index is 3.05. The van der Waals surface area contributed by atoms with Gasteiger partial charge in [-0.3, -0.25) is 29.0 Å². The van der Waals surface area contributed by atoms with Gasteiger partial charge in [0.25, 0.3) is 0 Å². The summed E-state index contributed by atoms with van der Waals surface area (Å²) in [7, 11) is 4.58. The van der Waals surface area contributed by atoms with Crippen LogP contribution >= 0.6 is 0 Å². The fraction of sp³-hybridized carbons (Fsp3) is 0.474. The average molecular weight is 420 g/mol. The van der Waals surface area contributed by atoms with Crippen LogP contribution in [0.25, 0.3) is 0 Å². The van der Waals surface area contributed by atoms with Crippen molar-refractivity contribution in [2.24, 2.45) is 5.73 Å². The quantitative estimate of drug-likeness (QED) is 0.399. The molecular formula is C19H28N6O5. The SMILES string of the molecule is CC(=O)N[C@@H](CC(N)=O)C(=O)N[C@@H](Cc1cccnc1)C(=O)N(C)CC(=O)N(C)C. The van der Waals surface area contributed by atoms with E-state index < -0.39 is 42.1 Å². The number of nitrogens with zero attached hydrogens (tertiary/aromatic N) is 3. The van der Waals surface area contributed by atoms with Crippen LogP contribution in [-0.2, 0) is 30.4 Å². The molecule has 0 saturated heterocycles. The van der Waals surface area contributed by atoms with E-state index in [-0.39, 0.29) is 18.9 Å². The summed E-state index contributed by atoms with van der Waals surface area (Å²) in [4.78, 5) is 66.7. The molecule has 2 atom stereocenters. The van der Waals surface area contributed by atoms with Crippen molar-refractivity contribution in [2.75, 3.05) is 27.7 Å². The summed E-state index contributed by atoms with van der Waals surface area (Å²) in [5, 5.41) is 4.90. The minimum atomic E-state index is -1.22. The Morgan fingerprint density at radius 2 is 1.77 bits per heavy atom. The van der Waals surface area contributed by atoms with E-state index >= 15 is 0 Å². The van der Waals surface area contributed by atoms with Crippen LogP contribution in [-0.4, -0.2) is 84.1 Å². The highest BCUT2D eigenvalue weighted by Gasteiger charge is 2.30. The van der Waals surface area contributed by atoms with Gasteiger partial charge in [-0.15, -0.1) is 0 Å². The molecule has 0 aliphatic carbocycles. The lowest BCUT2D eigenvalue weighted by Gasteiger charge is -2.27. The van der Waals surface area contributed by atoms with Crippen molar-refractivity contribution in [3.8, 4) is 0 Å². The first-order valence-electron chi connectivity index (χ1n) is 9.21. The summed E-state index contributed by atoms with van der Waals surface area (Å²) in [6, 6.07) is 1.15. The fourth-order valence-corrected chi connectivity index (χ4v) is 2.57. The van der Waals surface area contributed by atoms with Crippen molar-refractivity contribution in [3.05, 3.63) is 30.1 Å². The Kier molecular flexibility index (Phi) is 9.40. The number of likely N-dealkylation sites (N-methyl/N-ethyl adjacent to an activating group) is 2. The average Bonchev–Trinajstić information content (AvgIpc) is 2.66. The Bertz CT molecular complexity index is 767. The first-order valence-corrected chi connectivity index (χ1v) is 9.21. The lowest BCUT2D eigenvalue weighted by molar-refractivity contribution is -0.141. The normalized spacial score (nSPS) is 12.3. The van der Waals surface area contributed by atoms with Crippen molar-refractivity contribution in [1.82, 2.24) is 25.4 Å². The molecule has 164 valence electrons. The third kappa shape index (κ3) is 8.25. The Labute approximate surface area is 175 Å². The molecule has 0 unspecified atom stereocenters. The molecule has 4 N–H and O–H groups in total. The number of rotatable bonds is 10. The summed E-state index contributed by atoms with van der Waals surface area (Å²) in [5.74, 6) is -2.85. The minimum absolute atomic E-state index is 0.0995. The molecule has 1 aromatic heterocycles. The maximum atomic E-state index is 12.9. The number of primary amides is 1. The number of amides is 5. The Hall–Kier alpha value is -3.50. The largest absolute Gasteiger partial charge is 0.370 e. The van der Waals surface area contributed by atoms with Crippen LogP contribution in [0.3, 0.4) is 0 Å². The summed E-state index contributed by atoms with van der Waals surface area (Å²) >= 11 is 0. The molecule has 0 saturated carbocycles. The van der Waals surface area contributed by atoms with Crippen molar-refractivity contribution < 1.29 is 24.0 Å². The van der Waals surface area contributed by atoms with E-state index in [1.165, 1.54) is 23.8 Å². The lowest BCUT2D eigenvalue weighted by atomic mass is 10.0. The summed E-state index contributed by atoms with van der Waals surface area (Å²) in [6.07, 6.45) is 2.79. The maximum absolute atomic E-state index is 12.9. The van der Waals surface area contributed by atoms with Crippen LogP contribution < -0.4 is 16.4 Å². The third-order valence-corrected chi connectivity index (χ3v) is 4.12. The topological polar surface area (TPSA) is 155 Å². The third-order valence-electron chi connectivity index (χ3n) is 4.12. The van der Waals surface area contributed by atoms with Gasteiger partial charge in [-0.05, 0) is 11.6 Å². The molecule has 0 aromatic carbocycles. The van der Waals surface area contributed by atoms with Crippen LogP contribution in [0.4, 0.5) is 0 Å². The second kappa shape index (κ2) is 11.5. The van der Waals surface area contributed by atoms with Crippen LogP contribution in [0.1, 0.15) is 18.9 Å². The minimum Gasteiger partial charge on any atom is -0.370 e. The number of carbonyl (C=O) groups excluding carboxylic acids is 5. The van der Waals surface area contributed by atoms with Gasteiger partial charge in [0.1, 0.15) is 12.1 Å². The van der Waals surface area contributed by atoms with Gasteiger partial charge in [0.2, 0.25) is 29.5 Å². The predicted octanol–water partition coefficient (Wildman–Crippen LogP) is -1.96. The summed E-state index contributed by atoms with van der Waals surface area (Å²) in [6.45, 7) is 1.02. The van der Waals surface area contributed by atoms with E-state index in [1.807, 2.05) is 0 Å². The molecule has 0 aliphatic heterocycles. The molecule has 11 heteroatoms. The van der Waals surface area contributed by atoms with Gasteiger partial charge in [0.05, 0.1) is 13.0 Å². The van der Waals surface area contributed by atoms with Gasteiger partial charge in [-0.25, -0.2) is 0 Å². The first kappa shape index (κ1) is 24.5. The van der Waals surface area contributed by atoms with E-state index in [1.54, 1.807) is 38.6 Å². The zero-order chi connectivity index (χ0) is 22.8. The number of aromatic nitrogens is 1.